The highest BCUT2D eigenvalue weighted by atomic mass is 32.2. The smallest absolute Gasteiger partial charge is 0.335 e. The van der Waals surface area contributed by atoms with E-state index in [-0.39, 0.29) is 17.0 Å². The van der Waals surface area contributed by atoms with Crippen molar-refractivity contribution in [2.24, 2.45) is 0 Å². The number of rotatable bonds is 7. The Morgan fingerprint density at radius 1 is 1.09 bits per heavy atom. The molecule has 1 aromatic heterocycles. The van der Waals surface area contributed by atoms with Crippen molar-refractivity contribution in [3.63, 3.8) is 0 Å². The number of benzene rings is 1. The predicted octanol–water partition coefficient (Wildman–Crippen LogP) is 1.17. The average Bonchev–Trinajstić information content (AvgIpc) is 2.53. The standard InChI is InChI=1S/C14H15N3O4S/c18-14(19)11-4-6-12(7-5-11)22(20,21)17-10-9-16-13-3-1-2-8-15-13/h1-8,17H,9-10H2,(H,15,16)(H,18,19). The largest absolute Gasteiger partial charge is 0.478 e. The second-order valence-electron chi connectivity index (χ2n) is 4.37. The van der Waals surface area contributed by atoms with Gasteiger partial charge in [0.05, 0.1) is 10.5 Å². The molecule has 0 saturated heterocycles. The van der Waals surface area contributed by atoms with Gasteiger partial charge < -0.3 is 10.4 Å². The molecule has 1 heterocycles. The summed E-state index contributed by atoms with van der Waals surface area (Å²) in [6.07, 6.45) is 1.64. The van der Waals surface area contributed by atoms with Crippen molar-refractivity contribution in [2.45, 2.75) is 4.90 Å². The van der Waals surface area contributed by atoms with Gasteiger partial charge in [0.25, 0.3) is 0 Å². The number of hydrogen-bond acceptors (Lipinski definition) is 5. The van der Waals surface area contributed by atoms with Crippen molar-refractivity contribution in [3.05, 3.63) is 54.2 Å². The van der Waals surface area contributed by atoms with Crippen molar-refractivity contribution in [3.8, 4) is 0 Å². The van der Waals surface area contributed by atoms with Crippen LogP contribution in [0.5, 0.6) is 0 Å². The summed E-state index contributed by atoms with van der Waals surface area (Å²) in [6, 6.07) is 10.4. The zero-order valence-corrected chi connectivity index (χ0v) is 12.4. The lowest BCUT2D eigenvalue weighted by Crippen LogP contribution is -2.29. The minimum atomic E-state index is -3.66. The van der Waals surface area contributed by atoms with Crippen LogP contribution in [0.2, 0.25) is 0 Å². The number of anilines is 1. The monoisotopic (exact) mass is 321 g/mol. The molecule has 2 rings (SSSR count). The molecule has 0 unspecified atom stereocenters. The fourth-order valence-electron chi connectivity index (χ4n) is 1.70. The molecule has 0 saturated carbocycles. The molecular weight excluding hydrogens is 306 g/mol. The zero-order valence-electron chi connectivity index (χ0n) is 11.6. The van der Waals surface area contributed by atoms with E-state index in [9.17, 15) is 13.2 Å². The van der Waals surface area contributed by atoms with E-state index in [1.54, 1.807) is 18.3 Å². The van der Waals surface area contributed by atoms with E-state index < -0.39 is 16.0 Å². The van der Waals surface area contributed by atoms with Crippen molar-refractivity contribution in [1.29, 1.82) is 0 Å². The first kappa shape index (κ1) is 15.9. The molecule has 0 aliphatic heterocycles. The summed E-state index contributed by atoms with van der Waals surface area (Å²) in [5, 5.41) is 11.8. The summed E-state index contributed by atoms with van der Waals surface area (Å²) < 4.78 is 26.5. The molecule has 0 aliphatic rings. The second kappa shape index (κ2) is 7.01. The van der Waals surface area contributed by atoms with E-state index in [1.165, 1.54) is 24.3 Å². The van der Waals surface area contributed by atoms with Crippen molar-refractivity contribution in [2.75, 3.05) is 18.4 Å². The number of aromatic nitrogens is 1. The lowest BCUT2D eigenvalue weighted by atomic mass is 10.2. The molecule has 7 nitrogen and oxygen atoms in total. The van der Waals surface area contributed by atoms with Gasteiger partial charge in [-0.3, -0.25) is 0 Å². The maximum Gasteiger partial charge on any atom is 0.335 e. The fourth-order valence-corrected chi connectivity index (χ4v) is 2.74. The van der Waals surface area contributed by atoms with Crippen LogP contribution in [0.4, 0.5) is 5.82 Å². The minimum absolute atomic E-state index is 0.0235. The molecule has 116 valence electrons. The van der Waals surface area contributed by atoms with Crippen LogP contribution in [0.15, 0.2) is 53.6 Å². The van der Waals surface area contributed by atoms with Crippen LogP contribution >= 0.6 is 0 Å². The molecule has 0 radical (unpaired) electrons. The van der Waals surface area contributed by atoms with Gasteiger partial charge in [0, 0.05) is 19.3 Å². The number of carbonyl (C=O) groups is 1. The zero-order chi connectivity index (χ0) is 16.0. The number of nitrogens with zero attached hydrogens (tertiary/aromatic N) is 1. The van der Waals surface area contributed by atoms with Gasteiger partial charge >= 0.3 is 5.97 Å². The first-order chi connectivity index (χ1) is 10.5. The molecular formula is C14H15N3O4S. The normalized spacial score (nSPS) is 11.1. The van der Waals surface area contributed by atoms with Crippen LogP contribution < -0.4 is 10.0 Å². The maximum atomic E-state index is 12.0. The number of pyridine rings is 1. The van der Waals surface area contributed by atoms with Crippen LogP contribution in [0.3, 0.4) is 0 Å². The molecule has 2 aromatic rings. The SMILES string of the molecule is O=C(O)c1ccc(S(=O)(=O)NCCNc2ccccn2)cc1. The second-order valence-corrected chi connectivity index (χ2v) is 6.14. The van der Waals surface area contributed by atoms with Gasteiger partial charge in [-0.25, -0.2) is 22.9 Å². The Balaban J connectivity index is 1.89. The van der Waals surface area contributed by atoms with Crippen LogP contribution in [0, 0.1) is 0 Å². The molecule has 0 amide bonds. The van der Waals surface area contributed by atoms with E-state index >= 15 is 0 Å². The van der Waals surface area contributed by atoms with Crippen molar-refractivity contribution < 1.29 is 18.3 Å². The van der Waals surface area contributed by atoms with Crippen LogP contribution in [-0.4, -0.2) is 37.6 Å². The summed E-state index contributed by atoms with van der Waals surface area (Å²) in [7, 11) is -3.66. The Morgan fingerprint density at radius 2 is 1.82 bits per heavy atom. The number of aromatic carboxylic acids is 1. The molecule has 0 atom stereocenters. The first-order valence-corrected chi connectivity index (χ1v) is 7.95. The van der Waals surface area contributed by atoms with Gasteiger partial charge in [-0.1, -0.05) is 6.07 Å². The molecule has 0 aliphatic carbocycles. The maximum absolute atomic E-state index is 12.0. The summed E-state index contributed by atoms with van der Waals surface area (Å²) in [5.41, 5.74) is 0.0377. The molecule has 8 heteroatoms. The average molecular weight is 321 g/mol. The Morgan fingerprint density at radius 3 is 2.41 bits per heavy atom. The lowest BCUT2D eigenvalue weighted by Gasteiger charge is -2.08. The van der Waals surface area contributed by atoms with Crippen LogP contribution in [0.1, 0.15) is 10.4 Å². The summed E-state index contributed by atoms with van der Waals surface area (Å²) >= 11 is 0. The van der Waals surface area contributed by atoms with Gasteiger partial charge in [-0.05, 0) is 36.4 Å². The molecule has 3 N–H and O–H groups in total. The minimum Gasteiger partial charge on any atom is -0.478 e. The third-order valence-electron chi connectivity index (χ3n) is 2.80. The third-order valence-corrected chi connectivity index (χ3v) is 4.28. The topological polar surface area (TPSA) is 108 Å². The van der Waals surface area contributed by atoms with E-state index in [0.717, 1.165) is 0 Å². The van der Waals surface area contributed by atoms with E-state index in [0.29, 0.717) is 12.4 Å². The molecule has 1 aromatic carbocycles. The number of sulfonamides is 1. The highest BCUT2D eigenvalue weighted by Crippen LogP contribution is 2.10. The summed E-state index contributed by atoms with van der Waals surface area (Å²) in [4.78, 5) is 14.8. The van der Waals surface area contributed by atoms with Crippen molar-refractivity contribution in [1.82, 2.24) is 9.71 Å². The number of nitrogens with one attached hydrogen (secondary N) is 2. The highest BCUT2D eigenvalue weighted by molar-refractivity contribution is 7.89. The number of hydrogen-bond donors (Lipinski definition) is 3. The summed E-state index contributed by atoms with van der Waals surface area (Å²) in [6.45, 7) is 0.559. The van der Waals surface area contributed by atoms with Crippen LogP contribution in [-0.2, 0) is 10.0 Å². The van der Waals surface area contributed by atoms with Gasteiger partial charge in [0.15, 0.2) is 0 Å². The summed E-state index contributed by atoms with van der Waals surface area (Å²) in [5.74, 6) is -0.441. The molecule has 0 fully saturated rings. The number of carboxylic acids is 1. The third kappa shape index (κ3) is 4.27. The molecule has 0 bridgehead atoms. The van der Waals surface area contributed by atoms with Crippen LogP contribution in [0.25, 0.3) is 0 Å². The Bertz CT molecular complexity index is 730. The van der Waals surface area contributed by atoms with Gasteiger partial charge in [-0.15, -0.1) is 0 Å². The van der Waals surface area contributed by atoms with Crippen molar-refractivity contribution >= 4 is 21.8 Å². The quantitative estimate of drug-likeness (QED) is 0.661. The predicted molar refractivity (Wildman–Crippen MR) is 81.3 cm³/mol. The molecule has 22 heavy (non-hydrogen) atoms. The van der Waals surface area contributed by atoms with E-state index in [1.807, 2.05) is 6.07 Å². The van der Waals surface area contributed by atoms with Gasteiger partial charge in [-0.2, -0.15) is 0 Å². The van der Waals surface area contributed by atoms with Gasteiger partial charge in [0.2, 0.25) is 10.0 Å². The Hall–Kier alpha value is -2.45. The molecule has 0 spiro atoms. The van der Waals surface area contributed by atoms with E-state index in [2.05, 4.69) is 15.0 Å². The van der Waals surface area contributed by atoms with E-state index in [4.69, 9.17) is 5.11 Å². The fraction of sp³-hybridized carbons (Fsp3) is 0.143. The Kier molecular flexibility index (Phi) is 5.08. The van der Waals surface area contributed by atoms with Gasteiger partial charge in [0.1, 0.15) is 5.82 Å². The Labute approximate surface area is 128 Å². The number of carboxylic acid groups (broad SMARTS) is 1. The first-order valence-electron chi connectivity index (χ1n) is 6.47. The lowest BCUT2D eigenvalue weighted by molar-refractivity contribution is 0.0696. The highest BCUT2D eigenvalue weighted by Gasteiger charge is 2.14.